The molecule has 1 aliphatic rings. The van der Waals surface area contributed by atoms with Gasteiger partial charge in [0.1, 0.15) is 11.6 Å². The molecule has 0 radical (unpaired) electrons. The van der Waals surface area contributed by atoms with Crippen LogP contribution in [0.5, 0.6) is 0 Å². The van der Waals surface area contributed by atoms with Crippen molar-refractivity contribution < 1.29 is 23.9 Å². The number of amides is 3. The quantitative estimate of drug-likeness (QED) is 0.324. The van der Waals surface area contributed by atoms with Crippen LogP contribution in [0.4, 0.5) is 4.79 Å². The molecule has 210 valence electrons. The number of ether oxygens (including phenoxy) is 2. The van der Waals surface area contributed by atoms with Crippen molar-refractivity contribution in [2.24, 2.45) is 5.92 Å². The van der Waals surface area contributed by atoms with Crippen LogP contribution in [0.15, 0.2) is 72.3 Å². The van der Waals surface area contributed by atoms with Gasteiger partial charge < -0.3 is 25.0 Å². The van der Waals surface area contributed by atoms with Gasteiger partial charge in [-0.2, -0.15) is 0 Å². The van der Waals surface area contributed by atoms with E-state index in [-0.39, 0.29) is 24.4 Å². The normalized spacial score (nSPS) is 16.6. The largest absolute Gasteiger partial charge is 0.444 e. The van der Waals surface area contributed by atoms with Gasteiger partial charge in [-0.25, -0.2) is 4.79 Å². The van der Waals surface area contributed by atoms with E-state index < -0.39 is 17.7 Å². The molecule has 1 aliphatic heterocycles. The number of carbonyl (C=O) groups is 3. The van der Waals surface area contributed by atoms with E-state index in [0.29, 0.717) is 32.6 Å². The molecule has 0 saturated heterocycles. The average molecular weight is 536 g/mol. The minimum Gasteiger partial charge on any atom is -0.444 e. The van der Waals surface area contributed by atoms with Crippen molar-refractivity contribution in [3.63, 3.8) is 0 Å². The van der Waals surface area contributed by atoms with Gasteiger partial charge in [0.05, 0.1) is 25.8 Å². The first-order valence-corrected chi connectivity index (χ1v) is 13.5. The summed E-state index contributed by atoms with van der Waals surface area (Å²) in [5.41, 5.74) is 2.71. The highest BCUT2D eigenvalue weighted by atomic mass is 16.6. The van der Waals surface area contributed by atoms with Gasteiger partial charge in [-0.1, -0.05) is 72.3 Å². The minimum absolute atomic E-state index is 0.0351. The molecular weight excluding hydrogens is 494 g/mol. The summed E-state index contributed by atoms with van der Waals surface area (Å²) < 4.78 is 11.1. The Morgan fingerprint density at radius 3 is 2.31 bits per heavy atom. The van der Waals surface area contributed by atoms with Gasteiger partial charge in [0, 0.05) is 6.54 Å². The molecular formula is C31H41N3O5. The van der Waals surface area contributed by atoms with Gasteiger partial charge in [0.25, 0.3) is 0 Å². The van der Waals surface area contributed by atoms with Crippen LogP contribution in [0.1, 0.15) is 51.7 Å². The van der Waals surface area contributed by atoms with E-state index >= 15 is 0 Å². The molecule has 0 saturated carbocycles. The fraction of sp³-hybridized carbons (Fsp3) is 0.452. The maximum Gasteiger partial charge on any atom is 0.408 e. The predicted molar refractivity (Wildman–Crippen MR) is 151 cm³/mol. The number of benzene rings is 2. The molecule has 2 aromatic rings. The molecule has 1 heterocycles. The molecule has 3 rings (SSSR count). The lowest BCUT2D eigenvalue weighted by Crippen LogP contribution is -2.50. The lowest BCUT2D eigenvalue weighted by atomic mass is 9.95. The number of alkyl carbamates (subject to hydrolysis) is 1. The third-order valence-corrected chi connectivity index (χ3v) is 6.32. The smallest absolute Gasteiger partial charge is 0.408 e. The highest BCUT2D eigenvalue weighted by Gasteiger charge is 2.28. The van der Waals surface area contributed by atoms with Crippen LogP contribution < -0.4 is 10.6 Å². The molecule has 8 nitrogen and oxygen atoms in total. The molecule has 2 N–H and O–H groups in total. The van der Waals surface area contributed by atoms with E-state index in [1.165, 1.54) is 5.57 Å². The number of carbonyl (C=O) groups excluding carboxylic acids is 3. The first kappa shape index (κ1) is 29.9. The van der Waals surface area contributed by atoms with Gasteiger partial charge in [0.15, 0.2) is 0 Å². The summed E-state index contributed by atoms with van der Waals surface area (Å²) in [6, 6.07) is 19.2. The second-order valence-corrected chi connectivity index (χ2v) is 10.8. The van der Waals surface area contributed by atoms with E-state index in [1.807, 2.05) is 60.7 Å². The summed E-state index contributed by atoms with van der Waals surface area (Å²) in [6.45, 7) is 8.52. The molecule has 0 aliphatic carbocycles. The number of rotatable bonds is 11. The third kappa shape index (κ3) is 10.6. The first-order chi connectivity index (χ1) is 18.6. The van der Waals surface area contributed by atoms with E-state index in [1.54, 1.807) is 32.6 Å². The summed E-state index contributed by atoms with van der Waals surface area (Å²) in [4.78, 5) is 39.9. The maximum atomic E-state index is 13.5. The molecule has 0 aromatic heterocycles. The van der Waals surface area contributed by atoms with Crippen LogP contribution in [0, 0.1) is 5.92 Å². The van der Waals surface area contributed by atoms with Crippen LogP contribution in [-0.4, -0.2) is 54.3 Å². The van der Waals surface area contributed by atoms with Crippen molar-refractivity contribution in [1.82, 2.24) is 15.5 Å². The zero-order chi connectivity index (χ0) is 28.3. The lowest BCUT2D eigenvalue weighted by Gasteiger charge is -2.26. The van der Waals surface area contributed by atoms with E-state index in [0.717, 1.165) is 17.5 Å². The van der Waals surface area contributed by atoms with Crippen LogP contribution in [0.25, 0.3) is 0 Å². The van der Waals surface area contributed by atoms with Gasteiger partial charge in [-0.3, -0.25) is 9.59 Å². The van der Waals surface area contributed by atoms with Gasteiger partial charge in [-0.05, 0) is 58.1 Å². The third-order valence-electron chi connectivity index (χ3n) is 6.32. The van der Waals surface area contributed by atoms with Crippen LogP contribution >= 0.6 is 0 Å². The Balaban J connectivity index is 1.59. The molecule has 39 heavy (non-hydrogen) atoms. The Morgan fingerprint density at radius 1 is 1.03 bits per heavy atom. The van der Waals surface area contributed by atoms with Crippen LogP contribution in [0.2, 0.25) is 0 Å². The second kappa shape index (κ2) is 14.5. The van der Waals surface area contributed by atoms with Crippen molar-refractivity contribution in [1.29, 1.82) is 0 Å². The Kier molecular flexibility index (Phi) is 11.1. The topological polar surface area (TPSA) is 97.0 Å². The zero-order valence-electron chi connectivity index (χ0n) is 23.4. The van der Waals surface area contributed by atoms with Crippen LogP contribution in [-0.2, 0) is 32.1 Å². The van der Waals surface area contributed by atoms with Gasteiger partial charge >= 0.3 is 6.09 Å². The standard InChI is InChI=1S/C31H41N3O5/c1-23(33-30(37)39-31(2,3)4)28(35)32-22-34-17-15-25(16-18-38-21-26-13-9-6-10-14-26)20-27(29(34)36)19-24-11-7-5-8-12-24/h5-14,20,23,27H,15-19,21-22H2,1-4H3,(H,32,35)(H,33,37). The SMILES string of the molecule is CC(NC(=O)OC(C)(C)C)C(=O)NCN1CCC(CCOCc2ccccc2)=CC(Cc2ccccc2)C1=O. The maximum absolute atomic E-state index is 13.5. The lowest BCUT2D eigenvalue weighted by molar-refractivity contribution is -0.135. The molecule has 8 heteroatoms. The molecule has 0 bridgehead atoms. The molecule has 0 spiro atoms. The minimum atomic E-state index is -0.808. The summed E-state index contributed by atoms with van der Waals surface area (Å²) in [5.74, 6) is -0.764. The fourth-order valence-electron chi connectivity index (χ4n) is 4.29. The fourth-order valence-corrected chi connectivity index (χ4v) is 4.29. The highest BCUT2D eigenvalue weighted by molar-refractivity contribution is 5.86. The summed E-state index contributed by atoms with van der Waals surface area (Å²) in [6.07, 6.45) is 3.43. The number of nitrogens with zero attached hydrogens (tertiary/aromatic N) is 1. The predicted octanol–water partition coefficient (Wildman–Crippen LogP) is 4.60. The highest BCUT2D eigenvalue weighted by Crippen LogP contribution is 2.23. The zero-order valence-corrected chi connectivity index (χ0v) is 23.4. The number of hydrogen-bond donors (Lipinski definition) is 2. The molecule has 2 atom stereocenters. The summed E-state index contributed by atoms with van der Waals surface area (Å²) in [5, 5.41) is 5.33. The Labute approximate surface area is 231 Å². The molecule has 2 aromatic carbocycles. The van der Waals surface area contributed by atoms with Crippen LogP contribution in [0.3, 0.4) is 0 Å². The van der Waals surface area contributed by atoms with E-state index in [4.69, 9.17) is 9.47 Å². The Morgan fingerprint density at radius 2 is 1.67 bits per heavy atom. The summed E-state index contributed by atoms with van der Waals surface area (Å²) in [7, 11) is 0. The number of nitrogens with one attached hydrogen (secondary N) is 2. The van der Waals surface area contributed by atoms with Crippen molar-refractivity contribution in [2.45, 2.75) is 65.2 Å². The van der Waals surface area contributed by atoms with Gasteiger partial charge in [0.2, 0.25) is 11.8 Å². The van der Waals surface area contributed by atoms with Crippen molar-refractivity contribution >= 4 is 17.9 Å². The van der Waals surface area contributed by atoms with Crippen molar-refractivity contribution in [3.05, 3.63) is 83.4 Å². The Bertz CT molecular complexity index is 1110. The van der Waals surface area contributed by atoms with E-state index in [2.05, 4.69) is 16.7 Å². The monoisotopic (exact) mass is 535 g/mol. The average Bonchev–Trinajstić information content (AvgIpc) is 3.03. The second-order valence-electron chi connectivity index (χ2n) is 10.8. The molecule has 0 fully saturated rings. The Hall–Kier alpha value is -3.65. The molecule has 2 unspecified atom stereocenters. The van der Waals surface area contributed by atoms with Gasteiger partial charge in [-0.15, -0.1) is 0 Å². The summed E-state index contributed by atoms with van der Waals surface area (Å²) >= 11 is 0. The number of hydrogen-bond acceptors (Lipinski definition) is 5. The first-order valence-electron chi connectivity index (χ1n) is 13.5. The molecule has 3 amide bonds. The van der Waals surface area contributed by atoms with Crippen molar-refractivity contribution in [3.8, 4) is 0 Å². The van der Waals surface area contributed by atoms with E-state index in [9.17, 15) is 14.4 Å². The van der Waals surface area contributed by atoms with Crippen molar-refractivity contribution in [2.75, 3.05) is 19.8 Å².